The van der Waals surface area contributed by atoms with E-state index in [2.05, 4.69) is 5.32 Å². The van der Waals surface area contributed by atoms with Crippen LogP contribution in [0, 0.1) is 5.92 Å². The zero-order valence-corrected chi connectivity index (χ0v) is 13.5. The average Bonchev–Trinajstić information content (AvgIpc) is 2.52. The van der Waals surface area contributed by atoms with Gasteiger partial charge in [-0.15, -0.1) is 0 Å². The summed E-state index contributed by atoms with van der Waals surface area (Å²) in [5.74, 6) is -0.136. The Morgan fingerprint density at radius 1 is 1.41 bits per heavy atom. The summed E-state index contributed by atoms with van der Waals surface area (Å²) in [6.07, 6.45) is 5.73. The third-order valence-corrected chi connectivity index (χ3v) is 4.81. The van der Waals surface area contributed by atoms with Crippen molar-refractivity contribution in [2.24, 2.45) is 5.92 Å². The van der Waals surface area contributed by atoms with Gasteiger partial charge in [-0.05, 0) is 19.3 Å². The van der Waals surface area contributed by atoms with Gasteiger partial charge in [0, 0.05) is 33.2 Å². The monoisotopic (exact) mass is 312 g/mol. The Hall–Kier alpha value is -1.14. The highest BCUT2D eigenvalue weighted by molar-refractivity contribution is 5.83. The minimum atomic E-state index is -0.742. The number of rotatable bonds is 6. The molecule has 0 aromatic heterocycles. The van der Waals surface area contributed by atoms with E-state index in [9.17, 15) is 14.7 Å². The molecule has 1 aliphatic carbocycles. The predicted molar refractivity (Wildman–Crippen MR) is 82.2 cm³/mol. The molecule has 1 aliphatic heterocycles. The second-order valence-corrected chi connectivity index (χ2v) is 6.57. The van der Waals surface area contributed by atoms with E-state index in [0.717, 1.165) is 32.1 Å². The van der Waals surface area contributed by atoms with Crippen LogP contribution in [-0.2, 0) is 14.3 Å². The van der Waals surface area contributed by atoms with E-state index in [0.29, 0.717) is 39.1 Å². The number of aliphatic hydroxyl groups is 1. The van der Waals surface area contributed by atoms with Gasteiger partial charge in [0.05, 0.1) is 18.1 Å². The van der Waals surface area contributed by atoms with E-state index < -0.39 is 5.60 Å². The van der Waals surface area contributed by atoms with Crippen LogP contribution in [0.25, 0.3) is 0 Å². The molecular weight excluding hydrogens is 284 g/mol. The molecule has 0 unspecified atom stereocenters. The van der Waals surface area contributed by atoms with Gasteiger partial charge in [-0.3, -0.25) is 9.59 Å². The van der Waals surface area contributed by atoms with Gasteiger partial charge in [0.2, 0.25) is 11.8 Å². The third kappa shape index (κ3) is 4.68. The van der Waals surface area contributed by atoms with Crippen molar-refractivity contribution >= 4 is 11.8 Å². The standard InChI is InChI=1S/C16H28N2O4/c1-22-10-9-18-11-13(5-6-14(18)19)15(20)17-12-16(21)7-3-2-4-8-16/h13,21H,2-12H2,1H3,(H,17,20)/t13-/m1/s1. The normalized spacial score (nSPS) is 25.1. The zero-order valence-electron chi connectivity index (χ0n) is 13.5. The number of piperidine rings is 1. The molecule has 2 amide bonds. The molecule has 1 saturated heterocycles. The van der Waals surface area contributed by atoms with Crippen molar-refractivity contribution in [1.29, 1.82) is 0 Å². The summed E-state index contributed by atoms with van der Waals surface area (Å²) in [5, 5.41) is 13.3. The smallest absolute Gasteiger partial charge is 0.225 e. The first kappa shape index (κ1) is 17.2. The first-order chi connectivity index (χ1) is 10.5. The molecule has 0 spiro atoms. The van der Waals surface area contributed by atoms with E-state index in [-0.39, 0.29) is 17.7 Å². The van der Waals surface area contributed by atoms with Crippen molar-refractivity contribution in [2.75, 3.05) is 33.4 Å². The molecule has 0 aromatic rings. The Labute approximate surface area is 132 Å². The predicted octanol–water partition coefficient (Wildman–Crippen LogP) is 0.683. The van der Waals surface area contributed by atoms with Gasteiger partial charge < -0.3 is 20.1 Å². The molecule has 2 fully saturated rings. The second-order valence-electron chi connectivity index (χ2n) is 6.57. The van der Waals surface area contributed by atoms with E-state index in [1.165, 1.54) is 0 Å². The van der Waals surface area contributed by atoms with Crippen LogP contribution in [0.3, 0.4) is 0 Å². The Morgan fingerprint density at radius 3 is 2.82 bits per heavy atom. The SMILES string of the molecule is COCCN1C[C@H](C(=O)NCC2(O)CCCCC2)CCC1=O. The highest BCUT2D eigenvalue weighted by Crippen LogP contribution is 2.27. The molecule has 2 N–H and O–H groups in total. The molecule has 126 valence electrons. The maximum atomic E-state index is 12.3. The summed E-state index contributed by atoms with van der Waals surface area (Å²) in [6, 6.07) is 0. The van der Waals surface area contributed by atoms with Crippen molar-refractivity contribution in [3.05, 3.63) is 0 Å². The summed E-state index contributed by atoms with van der Waals surface area (Å²) >= 11 is 0. The summed E-state index contributed by atoms with van der Waals surface area (Å²) in [5.41, 5.74) is -0.742. The van der Waals surface area contributed by atoms with Crippen molar-refractivity contribution < 1.29 is 19.4 Å². The molecule has 6 heteroatoms. The number of hydrogen-bond acceptors (Lipinski definition) is 4. The lowest BCUT2D eigenvalue weighted by Crippen LogP contribution is -2.50. The van der Waals surface area contributed by atoms with Crippen LogP contribution in [0.15, 0.2) is 0 Å². The van der Waals surface area contributed by atoms with E-state index in [1.807, 2.05) is 0 Å². The van der Waals surface area contributed by atoms with Crippen LogP contribution >= 0.6 is 0 Å². The summed E-state index contributed by atoms with van der Waals surface area (Å²) in [6.45, 7) is 1.80. The molecule has 1 saturated carbocycles. The zero-order chi connectivity index (χ0) is 16.0. The third-order valence-electron chi connectivity index (χ3n) is 4.81. The maximum absolute atomic E-state index is 12.3. The second kappa shape index (κ2) is 7.92. The molecule has 1 heterocycles. The first-order valence-electron chi connectivity index (χ1n) is 8.31. The van der Waals surface area contributed by atoms with Crippen molar-refractivity contribution in [3.8, 4) is 0 Å². The van der Waals surface area contributed by atoms with Gasteiger partial charge in [0.1, 0.15) is 0 Å². The van der Waals surface area contributed by atoms with E-state index >= 15 is 0 Å². The summed E-state index contributed by atoms with van der Waals surface area (Å²) in [7, 11) is 1.60. The molecule has 0 aromatic carbocycles. The van der Waals surface area contributed by atoms with E-state index in [4.69, 9.17) is 4.74 Å². The number of nitrogens with one attached hydrogen (secondary N) is 1. The fraction of sp³-hybridized carbons (Fsp3) is 0.875. The maximum Gasteiger partial charge on any atom is 0.225 e. The minimum absolute atomic E-state index is 0.0473. The molecule has 1 atom stereocenters. The summed E-state index contributed by atoms with van der Waals surface area (Å²) < 4.78 is 5.00. The highest BCUT2D eigenvalue weighted by atomic mass is 16.5. The molecule has 2 rings (SSSR count). The molecule has 2 aliphatic rings. The van der Waals surface area contributed by atoms with Crippen LogP contribution in [0.2, 0.25) is 0 Å². The topological polar surface area (TPSA) is 78.9 Å². The Balaban J connectivity index is 1.80. The van der Waals surface area contributed by atoms with Gasteiger partial charge in [-0.2, -0.15) is 0 Å². The molecule has 0 radical (unpaired) electrons. The quantitative estimate of drug-likeness (QED) is 0.756. The molecular formula is C16H28N2O4. The van der Waals surface area contributed by atoms with Gasteiger partial charge >= 0.3 is 0 Å². The number of hydrogen-bond donors (Lipinski definition) is 2. The number of carbonyl (C=O) groups is 2. The Bertz CT molecular complexity index is 394. The van der Waals surface area contributed by atoms with Crippen LogP contribution in [-0.4, -0.2) is 60.8 Å². The van der Waals surface area contributed by atoms with Gasteiger partial charge in [-0.1, -0.05) is 19.3 Å². The largest absolute Gasteiger partial charge is 0.388 e. The van der Waals surface area contributed by atoms with Gasteiger partial charge in [0.25, 0.3) is 0 Å². The van der Waals surface area contributed by atoms with Crippen LogP contribution in [0.4, 0.5) is 0 Å². The molecule has 6 nitrogen and oxygen atoms in total. The lowest BCUT2D eigenvalue weighted by Gasteiger charge is -2.34. The van der Waals surface area contributed by atoms with E-state index in [1.54, 1.807) is 12.0 Å². The number of nitrogens with zero attached hydrogens (tertiary/aromatic N) is 1. The fourth-order valence-electron chi connectivity index (χ4n) is 3.33. The fourth-order valence-corrected chi connectivity index (χ4v) is 3.33. The minimum Gasteiger partial charge on any atom is -0.388 e. The van der Waals surface area contributed by atoms with Gasteiger partial charge in [-0.25, -0.2) is 0 Å². The highest BCUT2D eigenvalue weighted by Gasteiger charge is 2.33. The molecule has 0 bridgehead atoms. The average molecular weight is 312 g/mol. The van der Waals surface area contributed by atoms with Crippen molar-refractivity contribution in [1.82, 2.24) is 10.2 Å². The first-order valence-corrected chi connectivity index (χ1v) is 8.31. The van der Waals surface area contributed by atoms with Crippen LogP contribution in [0.5, 0.6) is 0 Å². The summed E-state index contributed by atoms with van der Waals surface area (Å²) in [4.78, 5) is 25.8. The van der Waals surface area contributed by atoms with Crippen LogP contribution in [0.1, 0.15) is 44.9 Å². The lowest BCUT2D eigenvalue weighted by molar-refractivity contribution is -0.139. The molecule has 22 heavy (non-hydrogen) atoms. The van der Waals surface area contributed by atoms with Gasteiger partial charge in [0.15, 0.2) is 0 Å². The van der Waals surface area contributed by atoms with Crippen LogP contribution < -0.4 is 5.32 Å². The van der Waals surface area contributed by atoms with Crippen molar-refractivity contribution in [2.45, 2.75) is 50.5 Å². The number of likely N-dealkylation sites (tertiary alicyclic amines) is 1. The lowest BCUT2D eigenvalue weighted by atomic mass is 9.84. The van der Waals surface area contributed by atoms with Crippen molar-refractivity contribution in [3.63, 3.8) is 0 Å². The Kier molecular flexibility index (Phi) is 6.20. The number of amides is 2. The number of ether oxygens (including phenoxy) is 1. The Morgan fingerprint density at radius 2 is 2.14 bits per heavy atom. The number of carbonyl (C=O) groups excluding carboxylic acids is 2. The number of methoxy groups -OCH3 is 1.